The van der Waals surface area contributed by atoms with E-state index in [2.05, 4.69) is 54.6 Å². The highest BCUT2D eigenvalue weighted by atomic mass is 28.3. The van der Waals surface area contributed by atoms with E-state index < -0.39 is 5.97 Å². The lowest BCUT2D eigenvalue weighted by atomic mass is 9.87. The third-order valence-electron chi connectivity index (χ3n) is 4.55. The predicted molar refractivity (Wildman–Crippen MR) is 115 cm³/mol. The first-order valence-electron chi connectivity index (χ1n) is 9.23. The maximum Gasteiger partial charge on any atom is 0.347 e. The summed E-state index contributed by atoms with van der Waals surface area (Å²) in [6.07, 6.45) is 0. The molecule has 2 rings (SSSR count). The highest BCUT2D eigenvalue weighted by Gasteiger charge is 2.16. The van der Waals surface area contributed by atoms with Gasteiger partial charge in [0.1, 0.15) is 17.1 Å². The second-order valence-corrected chi connectivity index (χ2v) is 12.4. The first-order chi connectivity index (χ1) is 12.3. The second kappa shape index (κ2) is 9.22. The van der Waals surface area contributed by atoms with Crippen molar-refractivity contribution >= 4 is 14.8 Å². The van der Waals surface area contributed by atoms with Crippen LogP contribution in [0.4, 0.5) is 0 Å². The predicted octanol–water partition coefficient (Wildman–Crippen LogP) is 6.45. The van der Waals surface area contributed by atoms with Crippen molar-refractivity contribution in [3.05, 3.63) is 59.7 Å². The maximum absolute atomic E-state index is 11.9. The van der Waals surface area contributed by atoms with Gasteiger partial charge in [-0.3, -0.25) is 0 Å². The maximum atomic E-state index is 11.9. The molecule has 0 bridgehead atoms. The Kier molecular flexibility index (Phi) is 7.85. The third kappa shape index (κ3) is 7.59. The molecule has 2 aromatic rings. The highest BCUT2D eigenvalue weighted by Crippen LogP contribution is 2.26. The van der Waals surface area contributed by atoms with Gasteiger partial charge >= 0.3 is 5.97 Å². The molecule has 0 aliphatic rings. The standard InChI is InChI=1S/C17H18O3.C6H15Si/c1-17(2,3)12-8-10-13(11-9-12)20-16(19)14-6-4-5-7-15(14)18;1-6(2,3)7(4)5/h4-11,18H,1-3H3;1-5H3. The van der Waals surface area contributed by atoms with Crippen LogP contribution >= 0.6 is 0 Å². The van der Waals surface area contributed by atoms with E-state index in [-0.39, 0.29) is 25.5 Å². The van der Waals surface area contributed by atoms with Crippen LogP contribution in [0.15, 0.2) is 48.5 Å². The summed E-state index contributed by atoms with van der Waals surface area (Å²) >= 11 is 0. The molecule has 0 saturated carbocycles. The van der Waals surface area contributed by atoms with Crippen LogP contribution in [0.3, 0.4) is 0 Å². The van der Waals surface area contributed by atoms with Crippen LogP contribution in [0, 0.1) is 0 Å². The molecule has 3 nitrogen and oxygen atoms in total. The fourth-order valence-electron chi connectivity index (χ4n) is 1.83. The van der Waals surface area contributed by atoms with Crippen molar-refractivity contribution < 1.29 is 14.6 Å². The number of para-hydroxylation sites is 1. The van der Waals surface area contributed by atoms with Gasteiger partial charge in [-0.1, -0.05) is 78.9 Å². The molecule has 0 heterocycles. The van der Waals surface area contributed by atoms with Crippen LogP contribution in [0.1, 0.15) is 57.5 Å². The topological polar surface area (TPSA) is 46.5 Å². The minimum Gasteiger partial charge on any atom is -0.507 e. The Hall–Kier alpha value is -2.07. The van der Waals surface area contributed by atoms with E-state index >= 15 is 0 Å². The zero-order valence-corrected chi connectivity index (χ0v) is 18.9. The second-order valence-electron chi connectivity index (χ2n) is 8.93. The van der Waals surface area contributed by atoms with Crippen LogP contribution in [-0.2, 0) is 5.41 Å². The number of hydrogen-bond donors (Lipinski definition) is 1. The molecule has 27 heavy (non-hydrogen) atoms. The summed E-state index contributed by atoms with van der Waals surface area (Å²) in [7, 11) is -0.0502. The van der Waals surface area contributed by atoms with Crippen LogP contribution in [0.5, 0.6) is 11.5 Å². The summed E-state index contributed by atoms with van der Waals surface area (Å²) in [6.45, 7) is 18.0. The van der Waals surface area contributed by atoms with Gasteiger partial charge in [0.15, 0.2) is 0 Å². The van der Waals surface area contributed by atoms with Crippen molar-refractivity contribution in [1.29, 1.82) is 0 Å². The van der Waals surface area contributed by atoms with E-state index in [1.807, 2.05) is 12.1 Å². The molecular weight excluding hydrogens is 352 g/mol. The van der Waals surface area contributed by atoms with Gasteiger partial charge in [-0.15, -0.1) is 0 Å². The van der Waals surface area contributed by atoms with E-state index in [4.69, 9.17) is 4.74 Å². The largest absolute Gasteiger partial charge is 0.507 e. The molecule has 0 atom stereocenters. The molecule has 0 unspecified atom stereocenters. The number of phenolic OH excluding ortho intramolecular Hbond substituents is 1. The summed E-state index contributed by atoms with van der Waals surface area (Å²) in [5, 5.41) is 10.2. The Bertz CT molecular complexity index is 735. The van der Waals surface area contributed by atoms with Crippen LogP contribution < -0.4 is 4.74 Å². The average molecular weight is 386 g/mol. The summed E-state index contributed by atoms with van der Waals surface area (Å²) in [4.78, 5) is 11.9. The van der Waals surface area contributed by atoms with E-state index in [1.165, 1.54) is 17.7 Å². The molecule has 4 heteroatoms. The summed E-state index contributed by atoms with van der Waals surface area (Å²) < 4.78 is 5.25. The molecule has 1 radical (unpaired) electrons. The molecule has 0 spiro atoms. The molecular formula is C23H33O3Si. The quantitative estimate of drug-likeness (QED) is 0.367. The molecule has 2 aromatic carbocycles. The molecule has 0 amide bonds. The minimum absolute atomic E-state index is 0.0502. The lowest BCUT2D eigenvalue weighted by molar-refractivity contribution is 0.0731. The molecule has 0 saturated heterocycles. The van der Waals surface area contributed by atoms with Crippen molar-refractivity contribution in [1.82, 2.24) is 0 Å². The zero-order chi connectivity index (χ0) is 20.8. The number of benzene rings is 2. The molecule has 0 aliphatic heterocycles. The monoisotopic (exact) mass is 385 g/mol. The molecule has 0 fully saturated rings. The van der Waals surface area contributed by atoms with E-state index in [0.717, 1.165) is 0 Å². The molecule has 1 N–H and O–H groups in total. The van der Waals surface area contributed by atoms with E-state index in [9.17, 15) is 9.90 Å². The Labute approximate surface area is 166 Å². The number of hydrogen-bond acceptors (Lipinski definition) is 3. The van der Waals surface area contributed by atoms with Crippen molar-refractivity contribution in [2.45, 2.75) is 65.1 Å². The first-order valence-corrected chi connectivity index (χ1v) is 11.7. The van der Waals surface area contributed by atoms with Gasteiger partial charge in [-0.2, -0.15) is 0 Å². The summed E-state index contributed by atoms with van der Waals surface area (Å²) in [5.74, 6) is -0.179. The number of rotatable bonds is 2. The van der Waals surface area contributed by atoms with Crippen LogP contribution in [0.2, 0.25) is 18.1 Å². The minimum atomic E-state index is -0.563. The van der Waals surface area contributed by atoms with Crippen LogP contribution in [-0.4, -0.2) is 19.9 Å². The Morgan fingerprint density at radius 1 is 0.889 bits per heavy atom. The first kappa shape index (κ1) is 23.0. The third-order valence-corrected chi connectivity index (χ3v) is 7.55. The number of phenols is 1. The van der Waals surface area contributed by atoms with Gasteiger partial charge in [-0.05, 0) is 40.3 Å². The van der Waals surface area contributed by atoms with Crippen molar-refractivity contribution in [3.8, 4) is 11.5 Å². The summed E-state index contributed by atoms with van der Waals surface area (Å²) in [6, 6.07) is 13.7. The highest BCUT2D eigenvalue weighted by molar-refractivity contribution is 6.59. The van der Waals surface area contributed by atoms with Gasteiger partial charge < -0.3 is 9.84 Å². The van der Waals surface area contributed by atoms with Gasteiger partial charge in [-0.25, -0.2) is 4.79 Å². The lowest BCUT2D eigenvalue weighted by Crippen LogP contribution is -2.16. The van der Waals surface area contributed by atoms with E-state index in [0.29, 0.717) is 10.8 Å². The fraction of sp³-hybridized carbons (Fsp3) is 0.435. The average Bonchev–Trinajstić information content (AvgIpc) is 2.54. The number of carbonyl (C=O) groups excluding carboxylic acids is 1. The van der Waals surface area contributed by atoms with Gasteiger partial charge in [0, 0.05) is 8.80 Å². The molecule has 147 valence electrons. The Balaban J connectivity index is 0.000000445. The normalized spacial score (nSPS) is 11.6. The Morgan fingerprint density at radius 3 is 1.78 bits per heavy atom. The zero-order valence-electron chi connectivity index (χ0n) is 17.9. The Morgan fingerprint density at radius 2 is 1.37 bits per heavy atom. The smallest absolute Gasteiger partial charge is 0.347 e. The number of ether oxygens (including phenoxy) is 1. The number of carbonyl (C=O) groups is 1. The molecule has 0 aliphatic carbocycles. The number of aromatic hydroxyl groups is 1. The lowest BCUT2D eigenvalue weighted by Gasteiger charge is -2.20. The van der Waals surface area contributed by atoms with Crippen molar-refractivity contribution in [2.75, 3.05) is 0 Å². The SMILES string of the molecule is CC(C)(C)c1ccc(OC(=O)c2ccccc2O)cc1.C[Si](C)C(C)(C)C. The number of esters is 1. The fourth-order valence-corrected chi connectivity index (χ4v) is 1.83. The van der Waals surface area contributed by atoms with Gasteiger partial charge in [0.2, 0.25) is 0 Å². The van der Waals surface area contributed by atoms with Crippen molar-refractivity contribution in [2.24, 2.45) is 0 Å². The molecule has 0 aromatic heterocycles. The van der Waals surface area contributed by atoms with Gasteiger partial charge in [0.05, 0.1) is 0 Å². The summed E-state index contributed by atoms with van der Waals surface area (Å²) in [5.41, 5.74) is 1.38. The van der Waals surface area contributed by atoms with Gasteiger partial charge in [0.25, 0.3) is 0 Å². The van der Waals surface area contributed by atoms with E-state index in [1.54, 1.807) is 24.3 Å². The van der Waals surface area contributed by atoms with Crippen LogP contribution in [0.25, 0.3) is 0 Å². The van der Waals surface area contributed by atoms with Crippen molar-refractivity contribution in [3.63, 3.8) is 0 Å².